The minimum atomic E-state index is -0.662. The van der Waals surface area contributed by atoms with E-state index in [0.717, 1.165) is 11.1 Å². The number of nitrogens with zero attached hydrogens (tertiary/aromatic N) is 2. The van der Waals surface area contributed by atoms with E-state index in [4.69, 9.17) is 9.25 Å². The smallest absolute Gasteiger partial charge is 0.254 e. The lowest BCUT2D eigenvalue weighted by Crippen LogP contribution is -2.45. The molecule has 0 spiro atoms. The van der Waals surface area contributed by atoms with Gasteiger partial charge in [-0.25, -0.2) is 0 Å². The molecular weight excluding hydrogens is 394 g/mol. The van der Waals surface area contributed by atoms with Crippen LogP contribution in [0.25, 0.3) is 11.1 Å². The molecule has 0 saturated carbocycles. The molecular formula is C24H23N3O4. The number of hydrogen-bond donors (Lipinski definition) is 1. The molecule has 31 heavy (non-hydrogen) atoms. The molecule has 2 heterocycles. The first-order chi connectivity index (χ1) is 15.2. The van der Waals surface area contributed by atoms with Gasteiger partial charge in [0.25, 0.3) is 5.91 Å². The summed E-state index contributed by atoms with van der Waals surface area (Å²) in [6.45, 7) is 0.499. The van der Waals surface area contributed by atoms with Crippen LogP contribution in [0.15, 0.2) is 82.6 Å². The SMILES string of the molecule is CON=C1CC(C(=O)NCc2ccco2)N(C(=O)c2ccc(-c3ccccc3)cc2)C1. The van der Waals surface area contributed by atoms with Crippen LogP contribution in [0.1, 0.15) is 22.5 Å². The summed E-state index contributed by atoms with van der Waals surface area (Å²) in [4.78, 5) is 32.5. The van der Waals surface area contributed by atoms with Crippen molar-refractivity contribution in [3.05, 3.63) is 84.3 Å². The number of amides is 2. The van der Waals surface area contributed by atoms with E-state index in [9.17, 15) is 9.59 Å². The van der Waals surface area contributed by atoms with E-state index in [-0.39, 0.29) is 24.9 Å². The topological polar surface area (TPSA) is 84.1 Å². The van der Waals surface area contributed by atoms with Gasteiger partial charge in [0, 0.05) is 12.0 Å². The monoisotopic (exact) mass is 417 g/mol. The summed E-state index contributed by atoms with van der Waals surface area (Å²) >= 11 is 0. The first-order valence-corrected chi connectivity index (χ1v) is 10.0. The Hall–Kier alpha value is -3.87. The second-order valence-electron chi connectivity index (χ2n) is 7.23. The van der Waals surface area contributed by atoms with Gasteiger partial charge in [0.1, 0.15) is 18.9 Å². The maximum atomic E-state index is 13.2. The van der Waals surface area contributed by atoms with Crippen molar-refractivity contribution < 1.29 is 18.8 Å². The average molecular weight is 417 g/mol. The van der Waals surface area contributed by atoms with Crippen molar-refractivity contribution in [1.29, 1.82) is 0 Å². The molecule has 0 bridgehead atoms. The molecule has 2 aromatic carbocycles. The van der Waals surface area contributed by atoms with Gasteiger partial charge >= 0.3 is 0 Å². The van der Waals surface area contributed by atoms with Crippen LogP contribution in [-0.2, 0) is 16.2 Å². The molecule has 1 fully saturated rings. The number of furan rings is 1. The standard InChI is InChI=1S/C24H23N3O4/c1-30-26-20-14-22(23(28)25-15-21-8-5-13-31-21)27(16-20)24(29)19-11-9-18(10-12-19)17-6-3-2-4-7-17/h2-13,22H,14-16H2,1H3,(H,25,28). The van der Waals surface area contributed by atoms with Gasteiger partial charge in [0.2, 0.25) is 5.91 Å². The van der Waals surface area contributed by atoms with Crippen molar-refractivity contribution in [2.75, 3.05) is 13.7 Å². The third-order valence-corrected chi connectivity index (χ3v) is 5.20. The van der Waals surface area contributed by atoms with Crippen LogP contribution in [0.3, 0.4) is 0 Å². The Morgan fingerprint density at radius 2 is 1.81 bits per heavy atom. The minimum Gasteiger partial charge on any atom is -0.467 e. The van der Waals surface area contributed by atoms with E-state index < -0.39 is 6.04 Å². The van der Waals surface area contributed by atoms with E-state index in [1.54, 1.807) is 30.5 Å². The Bertz CT molecular complexity index is 1060. The second kappa shape index (κ2) is 9.30. The molecule has 1 unspecified atom stereocenters. The van der Waals surface area contributed by atoms with E-state index in [2.05, 4.69) is 10.5 Å². The van der Waals surface area contributed by atoms with Crippen LogP contribution in [-0.4, -0.2) is 42.1 Å². The zero-order valence-corrected chi connectivity index (χ0v) is 17.2. The first kappa shape index (κ1) is 20.4. The van der Waals surface area contributed by atoms with Crippen molar-refractivity contribution in [3.8, 4) is 11.1 Å². The fourth-order valence-corrected chi connectivity index (χ4v) is 3.65. The normalized spacial score (nSPS) is 17.0. The third kappa shape index (κ3) is 4.66. The van der Waals surface area contributed by atoms with Gasteiger partial charge < -0.3 is 19.5 Å². The van der Waals surface area contributed by atoms with Gasteiger partial charge in [-0.15, -0.1) is 0 Å². The van der Waals surface area contributed by atoms with Crippen LogP contribution in [0.4, 0.5) is 0 Å². The highest BCUT2D eigenvalue weighted by atomic mass is 16.6. The van der Waals surface area contributed by atoms with Gasteiger partial charge in [-0.05, 0) is 35.4 Å². The van der Waals surface area contributed by atoms with Crippen molar-refractivity contribution in [3.63, 3.8) is 0 Å². The maximum absolute atomic E-state index is 13.2. The number of carbonyl (C=O) groups excluding carboxylic acids is 2. The van der Waals surface area contributed by atoms with Gasteiger partial charge in [0.15, 0.2) is 0 Å². The minimum absolute atomic E-state index is 0.223. The summed E-state index contributed by atoms with van der Waals surface area (Å²) in [5.74, 6) is 0.164. The summed E-state index contributed by atoms with van der Waals surface area (Å²) in [6, 6.07) is 20.2. The summed E-state index contributed by atoms with van der Waals surface area (Å²) in [6.07, 6.45) is 1.88. The second-order valence-corrected chi connectivity index (χ2v) is 7.23. The van der Waals surface area contributed by atoms with E-state index in [1.807, 2.05) is 42.5 Å². The quantitative estimate of drug-likeness (QED) is 0.623. The number of oxime groups is 1. The fraction of sp³-hybridized carbons (Fsp3) is 0.208. The summed E-state index contributed by atoms with van der Waals surface area (Å²) in [7, 11) is 1.45. The van der Waals surface area contributed by atoms with Crippen LogP contribution < -0.4 is 5.32 Å². The molecule has 2 amide bonds. The zero-order valence-electron chi connectivity index (χ0n) is 17.2. The molecule has 1 aliphatic heterocycles. The Kier molecular flexibility index (Phi) is 6.12. The largest absolute Gasteiger partial charge is 0.467 e. The molecule has 7 heteroatoms. The Labute approximate surface area is 180 Å². The highest BCUT2D eigenvalue weighted by Crippen LogP contribution is 2.23. The lowest BCUT2D eigenvalue weighted by Gasteiger charge is -2.23. The van der Waals surface area contributed by atoms with Crippen molar-refractivity contribution in [1.82, 2.24) is 10.2 Å². The van der Waals surface area contributed by atoms with Crippen LogP contribution in [0.5, 0.6) is 0 Å². The van der Waals surface area contributed by atoms with Gasteiger partial charge in [-0.1, -0.05) is 47.6 Å². The van der Waals surface area contributed by atoms with Crippen LogP contribution in [0, 0.1) is 0 Å². The molecule has 1 atom stereocenters. The van der Waals surface area contributed by atoms with Crippen LogP contribution in [0.2, 0.25) is 0 Å². The number of likely N-dealkylation sites (tertiary alicyclic amines) is 1. The molecule has 3 aromatic rings. The predicted octanol–water partition coefficient (Wildman–Crippen LogP) is 3.48. The molecule has 158 valence electrons. The number of nitrogens with one attached hydrogen (secondary N) is 1. The summed E-state index contributed by atoms with van der Waals surface area (Å²) in [5, 5.41) is 6.80. The Morgan fingerprint density at radius 1 is 1.06 bits per heavy atom. The summed E-state index contributed by atoms with van der Waals surface area (Å²) < 4.78 is 5.26. The molecule has 1 N–H and O–H groups in total. The van der Waals surface area contributed by atoms with Gasteiger partial charge in [-0.3, -0.25) is 9.59 Å². The fourth-order valence-electron chi connectivity index (χ4n) is 3.65. The molecule has 7 nitrogen and oxygen atoms in total. The van der Waals surface area contributed by atoms with E-state index in [0.29, 0.717) is 23.5 Å². The highest BCUT2D eigenvalue weighted by Gasteiger charge is 2.38. The third-order valence-electron chi connectivity index (χ3n) is 5.20. The molecule has 0 aliphatic carbocycles. The maximum Gasteiger partial charge on any atom is 0.254 e. The zero-order chi connectivity index (χ0) is 21.6. The first-order valence-electron chi connectivity index (χ1n) is 10.0. The average Bonchev–Trinajstić information content (AvgIpc) is 3.48. The lowest BCUT2D eigenvalue weighted by atomic mass is 10.0. The van der Waals surface area contributed by atoms with Gasteiger partial charge in [0.05, 0.1) is 25.1 Å². The Morgan fingerprint density at radius 3 is 2.48 bits per heavy atom. The lowest BCUT2D eigenvalue weighted by molar-refractivity contribution is -0.125. The number of benzene rings is 2. The van der Waals surface area contributed by atoms with E-state index >= 15 is 0 Å². The number of rotatable bonds is 6. The number of hydrogen-bond acceptors (Lipinski definition) is 5. The van der Waals surface area contributed by atoms with Crippen molar-refractivity contribution in [2.45, 2.75) is 19.0 Å². The number of carbonyl (C=O) groups is 2. The molecule has 1 saturated heterocycles. The van der Waals surface area contributed by atoms with E-state index in [1.165, 1.54) is 12.0 Å². The van der Waals surface area contributed by atoms with Crippen LogP contribution >= 0.6 is 0 Å². The van der Waals surface area contributed by atoms with Gasteiger partial charge in [-0.2, -0.15) is 0 Å². The molecule has 1 aromatic heterocycles. The summed E-state index contributed by atoms with van der Waals surface area (Å²) in [5.41, 5.74) is 3.26. The van der Waals surface area contributed by atoms with Crippen molar-refractivity contribution >= 4 is 17.5 Å². The van der Waals surface area contributed by atoms with Crippen molar-refractivity contribution in [2.24, 2.45) is 5.16 Å². The Balaban J connectivity index is 1.51. The molecule has 4 rings (SSSR count). The molecule has 0 radical (unpaired) electrons. The highest BCUT2D eigenvalue weighted by molar-refractivity contribution is 6.05. The predicted molar refractivity (Wildman–Crippen MR) is 116 cm³/mol. The molecule has 1 aliphatic rings.